The summed E-state index contributed by atoms with van der Waals surface area (Å²) in [5.74, 6) is -0.0446. The van der Waals surface area contributed by atoms with Gasteiger partial charge in [0.1, 0.15) is 29.2 Å². The number of rotatable bonds is 6. The summed E-state index contributed by atoms with van der Waals surface area (Å²) in [5.41, 5.74) is -1.86. The number of carbonyl (C=O) groups is 3. The number of carbonyl (C=O) groups excluding carboxylic acids is 3. The first-order valence-electron chi connectivity index (χ1n) is 12.9. The van der Waals surface area contributed by atoms with E-state index in [1.54, 1.807) is 60.6 Å². The van der Waals surface area contributed by atoms with E-state index in [1.165, 1.54) is 0 Å². The van der Waals surface area contributed by atoms with Gasteiger partial charge in [-0.3, -0.25) is 0 Å². The van der Waals surface area contributed by atoms with Gasteiger partial charge in [-0.25, -0.2) is 14.4 Å². The molecule has 2 amide bonds. The molecule has 214 valence electrons. The van der Waals surface area contributed by atoms with E-state index in [9.17, 15) is 14.4 Å². The molecule has 0 aliphatic carbocycles. The van der Waals surface area contributed by atoms with Crippen molar-refractivity contribution in [1.29, 1.82) is 0 Å². The molecule has 0 N–H and O–H groups in total. The van der Waals surface area contributed by atoms with Crippen LogP contribution in [0.4, 0.5) is 9.59 Å². The highest BCUT2D eigenvalue weighted by molar-refractivity contribution is 5.94. The van der Waals surface area contributed by atoms with Crippen LogP contribution < -0.4 is 4.74 Å². The Hall–Kier alpha value is -2.85. The molecule has 0 saturated carbocycles. The quantitative estimate of drug-likeness (QED) is 0.367. The zero-order valence-electron chi connectivity index (χ0n) is 24.0. The van der Waals surface area contributed by atoms with Crippen molar-refractivity contribution in [1.82, 2.24) is 4.90 Å². The van der Waals surface area contributed by atoms with Crippen molar-refractivity contribution >= 4 is 18.2 Å². The van der Waals surface area contributed by atoms with Gasteiger partial charge in [-0.15, -0.1) is 0 Å². The fourth-order valence-electron chi connectivity index (χ4n) is 3.54. The lowest BCUT2D eigenvalue weighted by molar-refractivity contribution is -0.166. The van der Waals surface area contributed by atoms with Crippen LogP contribution in [0.25, 0.3) is 0 Å². The summed E-state index contributed by atoms with van der Waals surface area (Å²) >= 11 is 0. The van der Waals surface area contributed by atoms with E-state index in [0.29, 0.717) is 17.3 Å². The normalized spacial score (nSPS) is 22.9. The van der Waals surface area contributed by atoms with Crippen molar-refractivity contribution < 1.29 is 42.8 Å². The van der Waals surface area contributed by atoms with Crippen molar-refractivity contribution in [3.63, 3.8) is 0 Å². The maximum Gasteiger partial charge on any atom is 0.420 e. The average molecular weight is 538 g/mol. The second kappa shape index (κ2) is 13.3. The molecule has 4 atom stereocenters. The van der Waals surface area contributed by atoms with Crippen LogP contribution in [0.1, 0.15) is 62.3 Å². The van der Waals surface area contributed by atoms with Gasteiger partial charge in [0.25, 0.3) is 0 Å². The largest absolute Gasteiger partial charge is 0.485 e. The standard InChI is InChI=1S/C28H43NO9/c1-18(2)15-34-23-19(3)35-24(30)21(16-33-17-22(23)36-20-13-11-10-12-14-20)29(25(31)37-27(4,5)6)26(32)38-28(7,8)9/h10-14,18-19,21-23H,15-17H2,1-9H3/t19-,21-,22-,23-/m0/s1. The summed E-state index contributed by atoms with van der Waals surface area (Å²) in [5, 5.41) is 0. The Bertz CT molecular complexity index is 892. The van der Waals surface area contributed by atoms with Crippen LogP contribution in [0.3, 0.4) is 0 Å². The molecule has 0 radical (unpaired) electrons. The number of esters is 1. The lowest BCUT2D eigenvalue weighted by Gasteiger charge is -2.33. The molecule has 0 spiro atoms. The zero-order chi connectivity index (χ0) is 28.7. The first kappa shape index (κ1) is 31.4. The zero-order valence-corrected chi connectivity index (χ0v) is 24.0. The average Bonchev–Trinajstić information content (AvgIpc) is 2.80. The number of hydrogen-bond acceptors (Lipinski definition) is 9. The summed E-state index contributed by atoms with van der Waals surface area (Å²) in [6.07, 6.45) is -4.22. The molecule has 38 heavy (non-hydrogen) atoms. The predicted octanol–water partition coefficient (Wildman–Crippen LogP) is 4.98. The molecule has 1 aliphatic rings. The number of nitrogens with zero attached hydrogens (tertiary/aromatic N) is 1. The lowest BCUT2D eigenvalue weighted by Crippen LogP contribution is -2.54. The smallest absolute Gasteiger partial charge is 0.420 e. The Labute approximate surface area is 225 Å². The van der Waals surface area contributed by atoms with Gasteiger partial charge in [0.05, 0.1) is 13.2 Å². The second-order valence-electron chi connectivity index (χ2n) is 11.7. The molecular weight excluding hydrogens is 494 g/mol. The number of benzene rings is 1. The molecule has 1 aliphatic heterocycles. The number of hydrogen-bond donors (Lipinski definition) is 0. The molecule has 2 rings (SSSR count). The van der Waals surface area contributed by atoms with Crippen LogP contribution in [-0.2, 0) is 28.5 Å². The van der Waals surface area contributed by atoms with E-state index in [4.69, 9.17) is 28.4 Å². The van der Waals surface area contributed by atoms with Crippen LogP contribution in [0.15, 0.2) is 30.3 Å². The lowest BCUT2D eigenvalue weighted by atomic mass is 10.1. The molecule has 1 saturated heterocycles. The van der Waals surface area contributed by atoms with Gasteiger partial charge in [-0.2, -0.15) is 4.90 Å². The molecule has 0 bridgehead atoms. The highest BCUT2D eigenvalue weighted by Crippen LogP contribution is 2.23. The summed E-state index contributed by atoms with van der Waals surface area (Å²) in [4.78, 5) is 40.3. The number of ether oxygens (including phenoxy) is 6. The Morgan fingerprint density at radius 1 is 0.974 bits per heavy atom. The summed E-state index contributed by atoms with van der Waals surface area (Å²) < 4.78 is 34.8. The Morgan fingerprint density at radius 3 is 2.03 bits per heavy atom. The first-order chi connectivity index (χ1) is 17.6. The number of cyclic esters (lactones) is 1. The van der Waals surface area contributed by atoms with Crippen molar-refractivity contribution in [3.05, 3.63) is 30.3 Å². The molecule has 1 fully saturated rings. The molecule has 1 aromatic rings. The second-order valence-corrected chi connectivity index (χ2v) is 11.7. The summed E-state index contributed by atoms with van der Waals surface area (Å²) in [6, 6.07) is 7.71. The fourth-order valence-corrected chi connectivity index (χ4v) is 3.54. The van der Waals surface area contributed by atoms with E-state index in [2.05, 4.69) is 0 Å². The summed E-state index contributed by atoms with van der Waals surface area (Å²) in [6.45, 7) is 15.7. The van der Waals surface area contributed by atoms with E-state index < -0.39 is 53.7 Å². The van der Waals surface area contributed by atoms with Gasteiger partial charge >= 0.3 is 18.2 Å². The molecule has 0 unspecified atom stereocenters. The van der Waals surface area contributed by atoms with E-state index >= 15 is 0 Å². The molecule has 0 aromatic heterocycles. The van der Waals surface area contributed by atoms with Gasteiger partial charge in [-0.1, -0.05) is 32.0 Å². The Kier molecular flexibility index (Phi) is 11.0. The van der Waals surface area contributed by atoms with Gasteiger partial charge < -0.3 is 28.4 Å². The maximum absolute atomic E-state index is 13.4. The topological polar surface area (TPSA) is 110 Å². The third kappa shape index (κ3) is 10.1. The van der Waals surface area contributed by atoms with Crippen LogP contribution in [0, 0.1) is 5.92 Å². The Balaban J connectivity index is 2.39. The summed E-state index contributed by atoms with van der Waals surface area (Å²) in [7, 11) is 0. The van der Waals surface area contributed by atoms with Crippen molar-refractivity contribution in [2.75, 3.05) is 19.8 Å². The van der Waals surface area contributed by atoms with Crippen molar-refractivity contribution in [2.45, 2.75) is 97.9 Å². The van der Waals surface area contributed by atoms with E-state index in [1.807, 2.05) is 32.0 Å². The number of amides is 2. The van der Waals surface area contributed by atoms with E-state index in [-0.39, 0.29) is 19.1 Å². The first-order valence-corrected chi connectivity index (χ1v) is 12.9. The monoisotopic (exact) mass is 537 g/mol. The molecule has 10 nitrogen and oxygen atoms in total. The van der Waals surface area contributed by atoms with Crippen LogP contribution >= 0.6 is 0 Å². The SMILES string of the molecule is CC(C)CO[C@H]1[C@H](C)OC(=O)[C@@H](N(C(=O)OC(C)(C)C)C(=O)OC(C)(C)C)COC[C@@H]1Oc1ccccc1. The maximum atomic E-state index is 13.4. The van der Waals surface area contributed by atoms with Crippen molar-refractivity contribution in [3.8, 4) is 5.75 Å². The number of para-hydroxylation sites is 1. The molecule has 1 aromatic carbocycles. The third-order valence-electron chi connectivity index (χ3n) is 5.11. The van der Waals surface area contributed by atoms with Crippen LogP contribution in [-0.4, -0.2) is 78.4 Å². The minimum absolute atomic E-state index is 0.00557. The fraction of sp³-hybridized carbons (Fsp3) is 0.679. The van der Waals surface area contributed by atoms with Gasteiger partial charge in [0.2, 0.25) is 0 Å². The molecule has 10 heteroatoms. The molecular formula is C28H43NO9. The highest BCUT2D eigenvalue weighted by Gasteiger charge is 2.44. The van der Waals surface area contributed by atoms with Gasteiger partial charge in [0, 0.05) is 6.61 Å². The predicted molar refractivity (Wildman–Crippen MR) is 140 cm³/mol. The van der Waals surface area contributed by atoms with E-state index in [0.717, 1.165) is 0 Å². The third-order valence-corrected chi connectivity index (χ3v) is 5.11. The van der Waals surface area contributed by atoms with Crippen molar-refractivity contribution in [2.24, 2.45) is 5.92 Å². The van der Waals surface area contributed by atoms with Gasteiger partial charge in [0.15, 0.2) is 12.1 Å². The van der Waals surface area contributed by atoms with Crippen LogP contribution in [0.2, 0.25) is 0 Å². The minimum atomic E-state index is -1.46. The Morgan fingerprint density at radius 2 is 1.53 bits per heavy atom. The van der Waals surface area contributed by atoms with Crippen LogP contribution in [0.5, 0.6) is 5.75 Å². The highest BCUT2D eigenvalue weighted by atomic mass is 16.6. The number of imide groups is 1. The van der Waals surface area contributed by atoms with Gasteiger partial charge in [-0.05, 0) is 66.5 Å². The minimum Gasteiger partial charge on any atom is -0.485 e. The molecule has 1 heterocycles.